The minimum absolute atomic E-state index is 0.541. The van der Waals surface area contributed by atoms with Gasteiger partial charge >= 0.3 is 0 Å². The lowest BCUT2D eigenvalue weighted by molar-refractivity contribution is 0.271. The van der Waals surface area contributed by atoms with E-state index in [4.69, 9.17) is 0 Å². The summed E-state index contributed by atoms with van der Waals surface area (Å²) < 4.78 is 0. The number of likely N-dealkylation sites (N-methyl/N-ethyl adjacent to an activating group) is 1. The van der Waals surface area contributed by atoms with Gasteiger partial charge in [0, 0.05) is 31.5 Å². The van der Waals surface area contributed by atoms with E-state index in [9.17, 15) is 0 Å². The number of rotatable bonds is 7. The Morgan fingerprint density at radius 3 is 2.67 bits per heavy atom. The van der Waals surface area contributed by atoms with Crippen LogP contribution < -0.4 is 5.32 Å². The third kappa shape index (κ3) is 4.49. The average Bonchev–Trinajstić information content (AvgIpc) is 2.75. The monoisotopic (exact) mass is 209 g/mol. The van der Waals surface area contributed by atoms with Crippen LogP contribution in [0.4, 0.5) is 0 Å². The van der Waals surface area contributed by atoms with Crippen molar-refractivity contribution < 1.29 is 0 Å². The van der Waals surface area contributed by atoms with Crippen molar-refractivity contribution >= 4 is 0 Å². The lowest BCUT2D eigenvalue weighted by atomic mass is 10.2. The summed E-state index contributed by atoms with van der Waals surface area (Å²) in [7, 11) is 0. The molecule has 0 spiro atoms. The molecule has 0 amide bonds. The van der Waals surface area contributed by atoms with Crippen LogP contribution in [0.15, 0.2) is 18.5 Å². The first kappa shape index (κ1) is 12.3. The highest BCUT2D eigenvalue weighted by atomic mass is 15.1. The molecule has 0 aliphatic carbocycles. The molecule has 86 valence electrons. The predicted molar refractivity (Wildman–Crippen MR) is 64.9 cm³/mol. The van der Waals surface area contributed by atoms with Crippen LogP contribution in [-0.2, 0) is 6.54 Å². The zero-order valence-corrected chi connectivity index (χ0v) is 10.1. The van der Waals surface area contributed by atoms with Crippen molar-refractivity contribution in [2.45, 2.75) is 33.4 Å². The number of aromatic nitrogens is 1. The molecule has 2 N–H and O–H groups in total. The topological polar surface area (TPSA) is 31.1 Å². The van der Waals surface area contributed by atoms with Crippen molar-refractivity contribution in [1.29, 1.82) is 0 Å². The summed E-state index contributed by atoms with van der Waals surface area (Å²) in [6.07, 6.45) is 4.00. The van der Waals surface area contributed by atoms with E-state index in [2.05, 4.69) is 42.0 Å². The van der Waals surface area contributed by atoms with Crippen molar-refractivity contribution in [2.24, 2.45) is 0 Å². The molecule has 1 unspecified atom stereocenters. The van der Waals surface area contributed by atoms with E-state index < -0.39 is 0 Å². The number of nitrogens with one attached hydrogen (secondary N) is 2. The molecule has 1 aromatic heterocycles. The Morgan fingerprint density at radius 2 is 2.13 bits per heavy atom. The summed E-state index contributed by atoms with van der Waals surface area (Å²) in [5.74, 6) is 0. The fourth-order valence-corrected chi connectivity index (χ4v) is 1.69. The third-order valence-corrected chi connectivity index (χ3v) is 2.74. The van der Waals surface area contributed by atoms with Gasteiger partial charge in [-0.1, -0.05) is 13.8 Å². The maximum absolute atomic E-state index is 3.52. The van der Waals surface area contributed by atoms with E-state index in [1.54, 1.807) is 0 Å². The number of hydrogen-bond donors (Lipinski definition) is 2. The fraction of sp³-hybridized carbons (Fsp3) is 0.667. The summed E-state index contributed by atoms with van der Waals surface area (Å²) in [6, 6.07) is 2.65. The highest BCUT2D eigenvalue weighted by Crippen LogP contribution is 1.97. The van der Waals surface area contributed by atoms with Crippen LogP contribution >= 0.6 is 0 Å². The molecule has 0 aliphatic rings. The Kier molecular flexibility index (Phi) is 5.43. The van der Waals surface area contributed by atoms with Crippen LogP contribution in [0.1, 0.15) is 26.3 Å². The summed E-state index contributed by atoms with van der Waals surface area (Å²) in [5, 5.41) is 3.52. The van der Waals surface area contributed by atoms with Crippen LogP contribution in [0, 0.1) is 0 Å². The maximum Gasteiger partial charge on any atom is 0.0223 e. The Morgan fingerprint density at radius 1 is 1.40 bits per heavy atom. The zero-order chi connectivity index (χ0) is 11.1. The van der Waals surface area contributed by atoms with E-state index in [-0.39, 0.29) is 0 Å². The molecule has 0 aromatic carbocycles. The van der Waals surface area contributed by atoms with Crippen LogP contribution in [0.25, 0.3) is 0 Å². The molecule has 1 aromatic rings. The van der Waals surface area contributed by atoms with Gasteiger partial charge in [0.05, 0.1) is 0 Å². The van der Waals surface area contributed by atoms with Crippen LogP contribution in [0.3, 0.4) is 0 Å². The normalized spacial score (nSPS) is 13.3. The van der Waals surface area contributed by atoms with Crippen LogP contribution in [0.5, 0.6) is 0 Å². The fourth-order valence-electron chi connectivity index (χ4n) is 1.69. The van der Waals surface area contributed by atoms with E-state index >= 15 is 0 Å². The van der Waals surface area contributed by atoms with Gasteiger partial charge in [0.25, 0.3) is 0 Å². The zero-order valence-electron chi connectivity index (χ0n) is 10.1. The Hall–Kier alpha value is -0.800. The van der Waals surface area contributed by atoms with Gasteiger partial charge in [0.2, 0.25) is 0 Å². The number of hydrogen-bond acceptors (Lipinski definition) is 2. The second kappa shape index (κ2) is 6.64. The summed E-state index contributed by atoms with van der Waals surface area (Å²) in [6.45, 7) is 11.0. The minimum atomic E-state index is 0.541. The number of H-pyrrole nitrogens is 1. The molecular weight excluding hydrogens is 186 g/mol. The first-order valence-corrected chi connectivity index (χ1v) is 5.83. The molecular formula is C12H23N3. The lowest BCUT2D eigenvalue weighted by Crippen LogP contribution is -2.38. The number of nitrogens with zero attached hydrogens (tertiary/aromatic N) is 1. The molecule has 15 heavy (non-hydrogen) atoms. The predicted octanol–water partition coefficient (Wildman–Crippen LogP) is 1.83. The van der Waals surface area contributed by atoms with E-state index in [1.165, 1.54) is 5.56 Å². The van der Waals surface area contributed by atoms with Gasteiger partial charge in [-0.15, -0.1) is 0 Å². The second-order valence-electron chi connectivity index (χ2n) is 3.99. The minimum Gasteiger partial charge on any atom is -0.367 e. The maximum atomic E-state index is 3.52. The Labute approximate surface area is 92.9 Å². The molecule has 1 heterocycles. The molecule has 1 atom stereocenters. The molecule has 0 saturated heterocycles. The van der Waals surface area contributed by atoms with Crippen molar-refractivity contribution in [1.82, 2.24) is 15.2 Å². The standard InChI is InChI=1S/C12H23N3/c1-4-15(5-2)10-11(3)14-9-12-6-7-13-8-12/h6-8,11,13-14H,4-5,9-10H2,1-3H3. The molecule has 0 fully saturated rings. The molecule has 0 saturated carbocycles. The van der Waals surface area contributed by atoms with Crippen molar-refractivity contribution in [2.75, 3.05) is 19.6 Å². The highest BCUT2D eigenvalue weighted by molar-refractivity contribution is 5.07. The third-order valence-electron chi connectivity index (χ3n) is 2.74. The van der Waals surface area contributed by atoms with Gasteiger partial charge < -0.3 is 15.2 Å². The van der Waals surface area contributed by atoms with Crippen molar-refractivity contribution in [3.8, 4) is 0 Å². The van der Waals surface area contributed by atoms with Gasteiger partial charge in [0.15, 0.2) is 0 Å². The Balaban J connectivity index is 2.21. The summed E-state index contributed by atoms with van der Waals surface area (Å²) in [4.78, 5) is 5.51. The van der Waals surface area contributed by atoms with Gasteiger partial charge in [-0.05, 0) is 31.6 Å². The van der Waals surface area contributed by atoms with E-state index in [0.29, 0.717) is 6.04 Å². The quantitative estimate of drug-likeness (QED) is 0.718. The van der Waals surface area contributed by atoms with Crippen molar-refractivity contribution in [3.05, 3.63) is 24.0 Å². The van der Waals surface area contributed by atoms with Gasteiger partial charge in [0.1, 0.15) is 0 Å². The van der Waals surface area contributed by atoms with E-state index in [1.807, 2.05) is 12.4 Å². The number of aromatic amines is 1. The molecule has 0 radical (unpaired) electrons. The smallest absolute Gasteiger partial charge is 0.0223 e. The molecule has 0 bridgehead atoms. The molecule has 0 aliphatic heterocycles. The van der Waals surface area contributed by atoms with Crippen molar-refractivity contribution in [3.63, 3.8) is 0 Å². The van der Waals surface area contributed by atoms with Crippen LogP contribution in [0.2, 0.25) is 0 Å². The lowest BCUT2D eigenvalue weighted by Gasteiger charge is -2.23. The first-order valence-electron chi connectivity index (χ1n) is 5.83. The molecule has 3 nitrogen and oxygen atoms in total. The van der Waals surface area contributed by atoms with Gasteiger partial charge in [-0.25, -0.2) is 0 Å². The van der Waals surface area contributed by atoms with E-state index in [0.717, 1.165) is 26.2 Å². The largest absolute Gasteiger partial charge is 0.367 e. The van der Waals surface area contributed by atoms with Gasteiger partial charge in [-0.3, -0.25) is 0 Å². The molecule has 1 rings (SSSR count). The Bertz CT molecular complexity index is 239. The first-order chi connectivity index (χ1) is 7.26. The second-order valence-corrected chi connectivity index (χ2v) is 3.99. The summed E-state index contributed by atoms with van der Waals surface area (Å²) >= 11 is 0. The highest BCUT2D eigenvalue weighted by Gasteiger charge is 2.06. The SMILES string of the molecule is CCN(CC)CC(C)NCc1cc[nH]c1. The molecule has 3 heteroatoms. The van der Waals surface area contributed by atoms with Gasteiger partial charge in [-0.2, -0.15) is 0 Å². The average molecular weight is 209 g/mol. The summed E-state index contributed by atoms with van der Waals surface area (Å²) in [5.41, 5.74) is 1.32. The van der Waals surface area contributed by atoms with Crippen LogP contribution in [-0.4, -0.2) is 35.6 Å².